The highest BCUT2D eigenvalue weighted by atomic mass is 28.5. The Labute approximate surface area is 119 Å². The Morgan fingerprint density at radius 3 is 2.21 bits per heavy atom. The fourth-order valence-corrected chi connectivity index (χ4v) is 15.1. The van der Waals surface area contributed by atoms with Crippen molar-refractivity contribution >= 4 is 32.4 Å². The van der Waals surface area contributed by atoms with E-state index in [1.807, 2.05) is 0 Å². The standard InChI is InChI=1S/C11H24O5Si3/c1-10(2)11(12)13-8-7-9-17-14-18(3,4)16-19(5,6)15-17/h17H,1,7-9H2,2-6H3. The number of ether oxygens (including phenoxy) is 1. The largest absolute Gasteiger partial charge is 0.462 e. The first-order valence-corrected chi connectivity index (χ1v) is 13.9. The number of carbonyl (C=O) groups is 1. The van der Waals surface area contributed by atoms with Gasteiger partial charge >= 0.3 is 32.4 Å². The van der Waals surface area contributed by atoms with Crippen molar-refractivity contribution < 1.29 is 21.9 Å². The van der Waals surface area contributed by atoms with Crippen molar-refractivity contribution in [1.82, 2.24) is 0 Å². The van der Waals surface area contributed by atoms with Crippen molar-refractivity contribution in [3.63, 3.8) is 0 Å². The third-order valence-corrected chi connectivity index (χ3v) is 13.9. The molecule has 1 rings (SSSR count). The summed E-state index contributed by atoms with van der Waals surface area (Å²) in [5.74, 6) is -0.333. The summed E-state index contributed by atoms with van der Waals surface area (Å²) in [6.07, 6.45) is 0.769. The average molecular weight is 321 g/mol. The molecule has 1 fully saturated rings. The monoisotopic (exact) mass is 320 g/mol. The minimum Gasteiger partial charge on any atom is -0.462 e. The van der Waals surface area contributed by atoms with Crippen LogP contribution in [-0.4, -0.2) is 39.0 Å². The molecule has 5 nitrogen and oxygen atoms in total. The van der Waals surface area contributed by atoms with E-state index in [0.717, 1.165) is 12.5 Å². The maximum atomic E-state index is 11.2. The van der Waals surface area contributed by atoms with Gasteiger partial charge in [0.2, 0.25) is 0 Å². The van der Waals surface area contributed by atoms with E-state index in [1.165, 1.54) is 0 Å². The van der Waals surface area contributed by atoms with Gasteiger partial charge in [0, 0.05) is 5.57 Å². The first-order valence-electron chi connectivity index (χ1n) is 6.50. The van der Waals surface area contributed by atoms with Crippen LogP contribution in [0.3, 0.4) is 0 Å². The van der Waals surface area contributed by atoms with Gasteiger partial charge in [0.1, 0.15) is 0 Å². The molecule has 0 unspecified atom stereocenters. The normalized spacial score (nSPS) is 21.9. The molecule has 0 radical (unpaired) electrons. The second kappa shape index (κ2) is 6.46. The summed E-state index contributed by atoms with van der Waals surface area (Å²) in [5, 5.41) is 0. The highest BCUT2D eigenvalue weighted by molar-refractivity contribution is 6.87. The lowest BCUT2D eigenvalue weighted by molar-refractivity contribution is -0.138. The Bertz CT molecular complexity index is 340. The molecule has 110 valence electrons. The third-order valence-electron chi connectivity index (χ3n) is 2.49. The molecule has 1 saturated heterocycles. The van der Waals surface area contributed by atoms with Crippen LogP contribution in [0.1, 0.15) is 13.3 Å². The van der Waals surface area contributed by atoms with Gasteiger partial charge in [-0.2, -0.15) is 0 Å². The zero-order valence-electron chi connectivity index (χ0n) is 12.4. The zero-order chi connectivity index (χ0) is 14.7. The Balaban J connectivity index is 2.33. The summed E-state index contributed by atoms with van der Waals surface area (Å²) >= 11 is 0. The van der Waals surface area contributed by atoms with Gasteiger partial charge in [0.25, 0.3) is 0 Å². The van der Waals surface area contributed by atoms with Crippen LogP contribution >= 0.6 is 0 Å². The topological polar surface area (TPSA) is 54.0 Å². The lowest BCUT2D eigenvalue weighted by Gasteiger charge is -2.42. The van der Waals surface area contributed by atoms with Gasteiger partial charge in [-0.1, -0.05) is 6.58 Å². The van der Waals surface area contributed by atoms with E-state index in [9.17, 15) is 4.79 Å². The van der Waals surface area contributed by atoms with E-state index in [4.69, 9.17) is 17.1 Å². The van der Waals surface area contributed by atoms with Crippen molar-refractivity contribution in [2.24, 2.45) is 0 Å². The van der Waals surface area contributed by atoms with Gasteiger partial charge in [0.05, 0.1) is 6.61 Å². The molecule has 1 aliphatic rings. The Morgan fingerprint density at radius 1 is 1.21 bits per heavy atom. The summed E-state index contributed by atoms with van der Waals surface area (Å²) < 4.78 is 22.9. The molecule has 0 amide bonds. The van der Waals surface area contributed by atoms with Crippen LogP contribution in [0, 0.1) is 0 Å². The van der Waals surface area contributed by atoms with Crippen LogP contribution in [-0.2, 0) is 21.9 Å². The molecule has 19 heavy (non-hydrogen) atoms. The molecule has 0 aliphatic carbocycles. The second-order valence-electron chi connectivity index (χ2n) is 5.63. The minimum absolute atomic E-state index is 0.333. The SMILES string of the molecule is C=C(C)C(=O)OCCC[SiH]1O[Si](C)(C)O[Si](C)(C)O1. The first-order chi connectivity index (χ1) is 8.61. The van der Waals surface area contributed by atoms with Crippen LogP contribution in [0.2, 0.25) is 32.2 Å². The molecule has 0 aromatic rings. The molecule has 8 heteroatoms. The highest BCUT2D eigenvalue weighted by Crippen LogP contribution is 2.26. The number of carbonyl (C=O) groups excluding carboxylic acids is 1. The first kappa shape index (κ1) is 16.8. The maximum Gasteiger partial charge on any atom is 0.333 e. The molecule has 0 saturated carbocycles. The van der Waals surface area contributed by atoms with E-state index in [-0.39, 0.29) is 5.97 Å². The van der Waals surface area contributed by atoms with E-state index in [2.05, 4.69) is 32.8 Å². The third kappa shape index (κ3) is 6.15. The molecule has 1 heterocycles. The van der Waals surface area contributed by atoms with Crippen LogP contribution in [0.5, 0.6) is 0 Å². The van der Waals surface area contributed by atoms with Gasteiger partial charge in [-0.05, 0) is 45.6 Å². The van der Waals surface area contributed by atoms with E-state index < -0.39 is 26.4 Å². The number of esters is 1. The second-order valence-corrected chi connectivity index (χ2v) is 15.4. The van der Waals surface area contributed by atoms with E-state index >= 15 is 0 Å². The van der Waals surface area contributed by atoms with Crippen molar-refractivity contribution in [2.45, 2.75) is 45.6 Å². The van der Waals surface area contributed by atoms with E-state index in [1.54, 1.807) is 6.92 Å². The fourth-order valence-electron chi connectivity index (χ4n) is 1.95. The predicted molar refractivity (Wildman–Crippen MR) is 80.6 cm³/mol. The molecule has 0 N–H and O–H groups in total. The van der Waals surface area contributed by atoms with Crippen molar-refractivity contribution in [3.05, 3.63) is 12.2 Å². The summed E-state index contributed by atoms with van der Waals surface area (Å²) in [7, 11) is -5.70. The van der Waals surface area contributed by atoms with Gasteiger partial charge in [0.15, 0.2) is 0 Å². The molecule has 0 atom stereocenters. The molecular formula is C11H24O5Si3. The molecule has 0 spiro atoms. The lowest BCUT2D eigenvalue weighted by atomic mass is 10.4. The number of rotatable bonds is 5. The van der Waals surface area contributed by atoms with Crippen LogP contribution in [0.4, 0.5) is 0 Å². The lowest BCUT2D eigenvalue weighted by Crippen LogP contribution is -2.59. The Kier molecular flexibility index (Phi) is 5.71. The van der Waals surface area contributed by atoms with Crippen molar-refractivity contribution in [1.29, 1.82) is 0 Å². The molecular weight excluding hydrogens is 296 g/mol. The highest BCUT2D eigenvalue weighted by Gasteiger charge is 2.45. The molecule has 1 aliphatic heterocycles. The summed E-state index contributed by atoms with van der Waals surface area (Å²) in [6.45, 7) is 13.8. The number of hydrogen-bond acceptors (Lipinski definition) is 5. The average Bonchev–Trinajstić information content (AvgIpc) is 2.19. The van der Waals surface area contributed by atoms with E-state index in [0.29, 0.717) is 12.2 Å². The van der Waals surface area contributed by atoms with Crippen LogP contribution in [0.15, 0.2) is 12.2 Å². The Morgan fingerprint density at radius 2 is 1.74 bits per heavy atom. The van der Waals surface area contributed by atoms with Crippen LogP contribution < -0.4 is 0 Å². The molecule has 0 bridgehead atoms. The van der Waals surface area contributed by atoms with Gasteiger partial charge in [-0.15, -0.1) is 0 Å². The Hall–Kier alpha value is -0.259. The summed E-state index contributed by atoms with van der Waals surface area (Å²) in [4.78, 5) is 11.2. The van der Waals surface area contributed by atoms with Gasteiger partial charge in [-0.25, -0.2) is 4.79 Å². The predicted octanol–water partition coefficient (Wildman–Crippen LogP) is 2.18. The van der Waals surface area contributed by atoms with Crippen molar-refractivity contribution in [2.75, 3.05) is 6.61 Å². The van der Waals surface area contributed by atoms with Gasteiger partial charge in [-0.3, -0.25) is 0 Å². The van der Waals surface area contributed by atoms with Gasteiger partial charge < -0.3 is 17.1 Å². The summed E-state index contributed by atoms with van der Waals surface area (Å²) in [5.41, 5.74) is 0.429. The minimum atomic E-state index is -2.01. The van der Waals surface area contributed by atoms with Crippen LogP contribution in [0.25, 0.3) is 0 Å². The number of hydrogen-bond donors (Lipinski definition) is 0. The zero-order valence-corrected chi connectivity index (χ0v) is 15.6. The maximum absolute atomic E-state index is 11.2. The fraction of sp³-hybridized carbons (Fsp3) is 0.727. The molecule has 0 aromatic heterocycles. The summed E-state index contributed by atoms with van der Waals surface area (Å²) in [6, 6.07) is 0.847. The van der Waals surface area contributed by atoms with Crippen molar-refractivity contribution in [3.8, 4) is 0 Å². The quantitative estimate of drug-likeness (QED) is 0.336. The smallest absolute Gasteiger partial charge is 0.333 e. The molecule has 0 aromatic carbocycles.